The predicted molar refractivity (Wildman–Crippen MR) is 121 cm³/mol. The van der Waals surface area contributed by atoms with Crippen molar-refractivity contribution in [2.75, 3.05) is 32.6 Å². The Morgan fingerprint density at radius 2 is 1.87 bits per heavy atom. The highest BCUT2D eigenvalue weighted by atomic mass is 32.1. The fraction of sp³-hybridized carbons (Fsp3) is 0.292. The summed E-state index contributed by atoms with van der Waals surface area (Å²) >= 11 is 1.71. The maximum Gasteiger partial charge on any atom is 0.238 e. The number of hydrogen-bond donors (Lipinski definition) is 1. The van der Waals surface area contributed by atoms with Crippen LogP contribution in [0.3, 0.4) is 0 Å². The van der Waals surface area contributed by atoms with Gasteiger partial charge in [-0.2, -0.15) is 0 Å². The molecule has 0 aliphatic carbocycles. The number of fused-ring (bicyclic) bond motifs is 1. The van der Waals surface area contributed by atoms with Crippen LogP contribution >= 0.6 is 11.3 Å². The number of ether oxygens (including phenoxy) is 2. The van der Waals surface area contributed by atoms with Gasteiger partial charge in [0.2, 0.25) is 5.91 Å². The topological polar surface area (TPSA) is 50.8 Å². The van der Waals surface area contributed by atoms with E-state index in [4.69, 9.17) is 9.47 Å². The maximum absolute atomic E-state index is 12.8. The van der Waals surface area contributed by atoms with Crippen LogP contribution in [0.2, 0.25) is 0 Å². The van der Waals surface area contributed by atoms with Crippen molar-refractivity contribution in [3.63, 3.8) is 0 Å². The van der Waals surface area contributed by atoms with Gasteiger partial charge in [-0.15, -0.1) is 11.3 Å². The third-order valence-electron chi connectivity index (χ3n) is 5.47. The Morgan fingerprint density at radius 3 is 2.53 bits per heavy atom. The number of methoxy groups -OCH3 is 2. The van der Waals surface area contributed by atoms with Gasteiger partial charge in [0.05, 0.1) is 26.8 Å². The largest absolute Gasteiger partial charge is 0.493 e. The van der Waals surface area contributed by atoms with Gasteiger partial charge in [0.25, 0.3) is 0 Å². The number of benzene rings is 2. The lowest BCUT2D eigenvalue weighted by Gasteiger charge is -2.37. The third-order valence-corrected chi connectivity index (χ3v) is 6.39. The molecule has 6 heteroatoms. The number of hydrogen-bond acceptors (Lipinski definition) is 5. The van der Waals surface area contributed by atoms with E-state index >= 15 is 0 Å². The quantitative estimate of drug-likeness (QED) is 0.628. The predicted octanol–water partition coefficient (Wildman–Crippen LogP) is 4.66. The summed E-state index contributed by atoms with van der Waals surface area (Å²) < 4.78 is 11.0. The molecule has 0 unspecified atom stereocenters. The van der Waals surface area contributed by atoms with E-state index in [1.165, 1.54) is 21.6 Å². The van der Waals surface area contributed by atoms with E-state index in [9.17, 15) is 4.79 Å². The highest BCUT2D eigenvalue weighted by Crippen LogP contribution is 2.42. The molecule has 0 bridgehead atoms. The minimum atomic E-state index is -0.00987. The monoisotopic (exact) mass is 422 g/mol. The summed E-state index contributed by atoms with van der Waals surface area (Å²) in [6.07, 6.45) is 0.857. The molecule has 1 aliphatic rings. The van der Waals surface area contributed by atoms with Crippen molar-refractivity contribution in [3.8, 4) is 11.5 Å². The summed E-state index contributed by atoms with van der Waals surface area (Å²) in [6.45, 7) is 3.16. The van der Waals surface area contributed by atoms with Gasteiger partial charge in [0.15, 0.2) is 11.5 Å². The highest BCUT2D eigenvalue weighted by Gasteiger charge is 2.32. The molecule has 2 aromatic carbocycles. The molecule has 1 aliphatic heterocycles. The molecule has 1 amide bonds. The van der Waals surface area contributed by atoms with Crippen LogP contribution in [0.5, 0.6) is 11.5 Å². The van der Waals surface area contributed by atoms with E-state index in [0.29, 0.717) is 12.3 Å². The Bertz CT molecular complexity index is 1020. The van der Waals surface area contributed by atoms with Crippen LogP contribution in [0.4, 0.5) is 5.69 Å². The normalized spacial score (nSPS) is 16.0. The molecule has 0 radical (unpaired) electrons. The first-order valence-corrected chi connectivity index (χ1v) is 10.9. The summed E-state index contributed by atoms with van der Waals surface area (Å²) in [7, 11) is 3.31. The van der Waals surface area contributed by atoms with E-state index in [0.717, 1.165) is 24.4 Å². The second-order valence-corrected chi connectivity index (χ2v) is 8.44. The summed E-state index contributed by atoms with van der Waals surface area (Å²) in [6, 6.07) is 16.2. The number of amides is 1. The second kappa shape index (κ2) is 8.90. The molecule has 4 rings (SSSR count). The standard InChI is InChI=1S/C24H26N2O3S/c1-16-6-8-18(9-7-16)25-23(27)15-26-11-10-17-13-20(28-2)21(29-3)14-19(17)24(26)22-5-4-12-30-22/h4-9,12-14,24H,10-11,15H2,1-3H3,(H,25,27)/t24-/m0/s1. The van der Waals surface area contributed by atoms with E-state index in [1.807, 2.05) is 31.2 Å². The molecule has 30 heavy (non-hydrogen) atoms. The Labute approximate surface area is 181 Å². The summed E-state index contributed by atoms with van der Waals surface area (Å²) in [5, 5.41) is 5.10. The molecule has 2 heterocycles. The first-order chi connectivity index (χ1) is 14.6. The molecule has 0 saturated heterocycles. The van der Waals surface area contributed by atoms with Gasteiger partial charge < -0.3 is 14.8 Å². The Hall–Kier alpha value is -2.83. The zero-order chi connectivity index (χ0) is 21.1. The number of nitrogens with one attached hydrogen (secondary N) is 1. The molecule has 5 nitrogen and oxygen atoms in total. The average Bonchev–Trinajstić information content (AvgIpc) is 3.28. The van der Waals surface area contributed by atoms with E-state index in [-0.39, 0.29) is 11.9 Å². The first-order valence-electron chi connectivity index (χ1n) is 9.98. The maximum atomic E-state index is 12.8. The van der Waals surface area contributed by atoms with Gasteiger partial charge in [-0.05, 0) is 60.2 Å². The van der Waals surface area contributed by atoms with Crippen LogP contribution < -0.4 is 14.8 Å². The Balaban J connectivity index is 1.62. The second-order valence-electron chi connectivity index (χ2n) is 7.46. The molecular weight excluding hydrogens is 396 g/mol. The minimum Gasteiger partial charge on any atom is -0.493 e. The van der Waals surface area contributed by atoms with Crippen LogP contribution in [0.15, 0.2) is 53.9 Å². The van der Waals surface area contributed by atoms with Crippen molar-refractivity contribution in [3.05, 3.63) is 75.5 Å². The van der Waals surface area contributed by atoms with Crippen molar-refractivity contribution < 1.29 is 14.3 Å². The summed E-state index contributed by atoms with van der Waals surface area (Å²) in [5.41, 5.74) is 4.40. The van der Waals surface area contributed by atoms with Gasteiger partial charge >= 0.3 is 0 Å². The minimum absolute atomic E-state index is 0.00987. The first kappa shape index (κ1) is 20.4. The molecule has 3 aromatic rings. The Kier molecular flexibility index (Phi) is 6.06. The molecular formula is C24H26N2O3S. The van der Waals surface area contributed by atoms with Crippen molar-refractivity contribution in [2.45, 2.75) is 19.4 Å². The van der Waals surface area contributed by atoms with Crippen molar-refractivity contribution >= 4 is 22.9 Å². The molecule has 1 aromatic heterocycles. The number of rotatable bonds is 6. The number of carbonyl (C=O) groups is 1. The highest BCUT2D eigenvalue weighted by molar-refractivity contribution is 7.10. The molecule has 0 spiro atoms. The molecule has 1 atom stereocenters. The smallest absolute Gasteiger partial charge is 0.238 e. The van der Waals surface area contributed by atoms with Gasteiger partial charge in [-0.25, -0.2) is 0 Å². The average molecular weight is 423 g/mol. The van der Waals surface area contributed by atoms with Crippen molar-refractivity contribution in [1.82, 2.24) is 4.90 Å². The lowest BCUT2D eigenvalue weighted by Crippen LogP contribution is -2.40. The van der Waals surface area contributed by atoms with E-state index in [2.05, 4.69) is 39.9 Å². The van der Waals surface area contributed by atoms with Gasteiger partial charge in [-0.1, -0.05) is 23.8 Å². The fourth-order valence-corrected chi connectivity index (χ4v) is 4.85. The SMILES string of the molecule is COc1cc2c(cc1OC)[C@@H](c1cccs1)N(CC(=O)Nc1ccc(C)cc1)CC2. The third kappa shape index (κ3) is 4.20. The van der Waals surface area contributed by atoms with Gasteiger partial charge in [0.1, 0.15) is 0 Å². The van der Waals surface area contributed by atoms with Crippen LogP contribution in [-0.2, 0) is 11.2 Å². The van der Waals surface area contributed by atoms with Crippen LogP contribution in [-0.4, -0.2) is 38.1 Å². The fourth-order valence-electron chi connectivity index (χ4n) is 3.97. The molecule has 156 valence electrons. The molecule has 0 saturated carbocycles. The van der Waals surface area contributed by atoms with Gasteiger partial charge in [-0.3, -0.25) is 9.69 Å². The zero-order valence-corrected chi connectivity index (χ0v) is 18.3. The summed E-state index contributed by atoms with van der Waals surface area (Å²) in [5.74, 6) is 1.44. The lowest BCUT2D eigenvalue weighted by molar-refractivity contribution is -0.117. The van der Waals surface area contributed by atoms with Crippen LogP contribution in [0.1, 0.15) is 27.6 Å². The van der Waals surface area contributed by atoms with Crippen LogP contribution in [0, 0.1) is 6.92 Å². The van der Waals surface area contributed by atoms with Crippen molar-refractivity contribution in [1.29, 1.82) is 0 Å². The number of anilines is 1. The van der Waals surface area contributed by atoms with E-state index in [1.54, 1.807) is 25.6 Å². The van der Waals surface area contributed by atoms with Crippen LogP contribution in [0.25, 0.3) is 0 Å². The number of aryl methyl sites for hydroxylation is 1. The zero-order valence-electron chi connectivity index (χ0n) is 17.5. The molecule has 0 fully saturated rings. The number of nitrogens with zero attached hydrogens (tertiary/aromatic N) is 1. The summed E-state index contributed by atoms with van der Waals surface area (Å²) in [4.78, 5) is 16.3. The number of carbonyl (C=O) groups excluding carboxylic acids is 1. The van der Waals surface area contributed by atoms with Crippen molar-refractivity contribution in [2.24, 2.45) is 0 Å². The van der Waals surface area contributed by atoms with Gasteiger partial charge in [0, 0.05) is 17.1 Å². The Morgan fingerprint density at radius 1 is 1.13 bits per heavy atom. The van der Waals surface area contributed by atoms with E-state index < -0.39 is 0 Å². The lowest BCUT2D eigenvalue weighted by atomic mass is 9.91. The number of thiophene rings is 1. The molecule has 1 N–H and O–H groups in total.